The van der Waals surface area contributed by atoms with Crippen LogP contribution in [0.5, 0.6) is 0 Å². The maximum atomic E-state index is 3.89. The molecule has 1 nitrogen and oxygen atoms in total. The second-order valence-electron chi connectivity index (χ2n) is 5.83. The van der Waals surface area contributed by atoms with E-state index in [0.29, 0.717) is 5.92 Å². The minimum absolute atomic E-state index is 0.593. The van der Waals surface area contributed by atoms with E-state index in [4.69, 9.17) is 0 Å². The van der Waals surface area contributed by atoms with Gasteiger partial charge in [-0.25, -0.2) is 0 Å². The molecule has 0 atom stereocenters. The predicted molar refractivity (Wildman–Crippen MR) is 92.1 cm³/mol. The van der Waals surface area contributed by atoms with Crippen molar-refractivity contribution in [3.05, 3.63) is 47.7 Å². The standard InChI is InChI=1S/C19H29N/c1-7-9-10-18-12-11-17(13-16(5)15(3)4)14-19(18)20(6)8-2/h8,11-15H,2,7,9-10H2,1,3-6H3/b16-13+. The van der Waals surface area contributed by atoms with Crippen molar-refractivity contribution in [3.8, 4) is 0 Å². The van der Waals surface area contributed by atoms with Gasteiger partial charge < -0.3 is 4.90 Å². The number of hydrogen-bond donors (Lipinski definition) is 0. The Morgan fingerprint density at radius 3 is 2.60 bits per heavy atom. The van der Waals surface area contributed by atoms with Gasteiger partial charge in [0.2, 0.25) is 0 Å². The van der Waals surface area contributed by atoms with Crippen LogP contribution >= 0.6 is 0 Å². The minimum atomic E-state index is 0.593. The molecule has 1 rings (SSSR count). The molecule has 0 unspecified atom stereocenters. The van der Waals surface area contributed by atoms with Crippen molar-refractivity contribution in [2.24, 2.45) is 5.92 Å². The molecule has 1 aromatic rings. The lowest BCUT2D eigenvalue weighted by atomic mass is 9.99. The van der Waals surface area contributed by atoms with E-state index in [2.05, 4.69) is 70.5 Å². The molecule has 0 radical (unpaired) electrons. The summed E-state index contributed by atoms with van der Waals surface area (Å²) in [7, 11) is 2.07. The van der Waals surface area contributed by atoms with Crippen LogP contribution in [0.1, 0.15) is 51.7 Å². The summed E-state index contributed by atoms with van der Waals surface area (Å²) in [4.78, 5) is 2.12. The van der Waals surface area contributed by atoms with Gasteiger partial charge in [0, 0.05) is 12.7 Å². The Balaban J connectivity index is 3.13. The number of aryl methyl sites for hydroxylation is 1. The van der Waals surface area contributed by atoms with Gasteiger partial charge in [-0.1, -0.05) is 57.6 Å². The molecule has 0 aliphatic heterocycles. The Morgan fingerprint density at radius 1 is 1.35 bits per heavy atom. The molecule has 0 fully saturated rings. The topological polar surface area (TPSA) is 3.24 Å². The van der Waals surface area contributed by atoms with Crippen molar-refractivity contribution < 1.29 is 0 Å². The number of hydrogen-bond acceptors (Lipinski definition) is 1. The zero-order valence-electron chi connectivity index (χ0n) is 13.7. The number of anilines is 1. The molecule has 0 heterocycles. The van der Waals surface area contributed by atoms with E-state index in [0.717, 1.165) is 6.42 Å². The first-order valence-electron chi connectivity index (χ1n) is 7.66. The molecule has 1 heteroatoms. The van der Waals surface area contributed by atoms with Crippen molar-refractivity contribution >= 4 is 11.8 Å². The Morgan fingerprint density at radius 2 is 2.05 bits per heavy atom. The van der Waals surface area contributed by atoms with Crippen molar-refractivity contribution in [2.45, 2.75) is 47.0 Å². The highest BCUT2D eigenvalue weighted by Crippen LogP contribution is 2.25. The predicted octanol–water partition coefficient (Wildman–Crippen LogP) is 5.67. The van der Waals surface area contributed by atoms with Gasteiger partial charge >= 0.3 is 0 Å². The van der Waals surface area contributed by atoms with Crippen LogP contribution in [0.25, 0.3) is 6.08 Å². The van der Waals surface area contributed by atoms with E-state index in [-0.39, 0.29) is 0 Å². The Hall–Kier alpha value is -1.50. The number of allylic oxidation sites excluding steroid dienone is 1. The van der Waals surface area contributed by atoms with Crippen molar-refractivity contribution in [3.63, 3.8) is 0 Å². The van der Waals surface area contributed by atoms with Gasteiger partial charge in [-0.15, -0.1) is 0 Å². The Labute approximate surface area is 125 Å². The van der Waals surface area contributed by atoms with Gasteiger partial charge in [-0.2, -0.15) is 0 Å². The highest BCUT2D eigenvalue weighted by Gasteiger charge is 2.06. The number of unbranched alkanes of at least 4 members (excludes halogenated alkanes) is 1. The Kier molecular flexibility index (Phi) is 6.57. The largest absolute Gasteiger partial charge is 0.351 e. The monoisotopic (exact) mass is 271 g/mol. The SMILES string of the molecule is C=CN(C)c1cc(/C=C(\C)C(C)C)ccc1CCCC. The molecular weight excluding hydrogens is 242 g/mol. The molecular formula is C19H29N. The van der Waals surface area contributed by atoms with Crippen LogP contribution in [-0.2, 0) is 6.42 Å². The molecule has 0 bridgehead atoms. The average Bonchev–Trinajstić information content (AvgIpc) is 2.44. The molecule has 0 saturated heterocycles. The van der Waals surface area contributed by atoms with Crippen molar-refractivity contribution in [1.82, 2.24) is 0 Å². The quantitative estimate of drug-likeness (QED) is 0.617. The molecule has 1 aromatic carbocycles. The fraction of sp³-hybridized carbons (Fsp3) is 0.474. The van der Waals surface area contributed by atoms with E-state index in [9.17, 15) is 0 Å². The number of benzene rings is 1. The zero-order valence-corrected chi connectivity index (χ0v) is 13.7. The highest BCUT2D eigenvalue weighted by molar-refractivity contribution is 5.64. The van der Waals surface area contributed by atoms with Crippen molar-refractivity contribution in [1.29, 1.82) is 0 Å². The molecule has 110 valence electrons. The molecule has 20 heavy (non-hydrogen) atoms. The van der Waals surface area contributed by atoms with Crippen LogP contribution in [0.2, 0.25) is 0 Å². The van der Waals surface area contributed by atoms with Gasteiger partial charge in [0.1, 0.15) is 0 Å². The number of rotatable bonds is 7. The third-order valence-electron chi connectivity index (χ3n) is 3.87. The third kappa shape index (κ3) is 4.56. The molecule has 0 aromatic heterocycles. The first-order valence-corrected chi connectivity index (χ1v) is 7.66. The van der Waals surface area contributed by atoms with Crippen LogP contribution in [0, 0.1) is 5.92 Å². The van der Waals surface area contributed by atoms with E-state index < -0.39 is 0 Å². The second kappa shape index (κ2) is 7.94. The lowest BCUT2D eigenvalue weighted by Crippen LogP contribution is -2.10. The molecule has 0 saturated carbocycles. The second-order valence-corrected chi connectivity index (χ2v) is 5.83. The van der Waals surface area contributed by atoms with Crippen LogP contribution in [0.3, 0.4) is 0 Å². The summed E-state index contributed by atoms with van der Waals surface area (Å²) < 4.78 is 0. The smallest absolute Gasteiger partial charge is 0.0441 e. The van der Waals surface area contributed by atoms with Gasteiger partial charge in [0.25, 0.3) is 0 Å². The van der Waals surface area contributed by atoms with Crippen LogP contribution < -0.4 is 4.90 Å². The molecule has 0 aliphatic rings. The van der Waals surface area contributed by atoms with E-state index in [1.54, 1.807) is 0 Å². The fourth-order valence-electron chi connectivity index (χ4n) is 2.11. The van der Waals surface area contributed by atoms with Crippen molar-refractivity contribution in [2.75, 3.05) is 11.9 Å². The van der Waals surface area contributed by atoms with E-state index in [1.807, 2.05) is 6.20 Å². The van der Waals surface area contributed by atoms with Gasteiger partial charge in [-0.3, -0.25) is 0 Å². The number of nitrogens with zero attached hydrogens (tertiary/aromatic N) is 1. The maximum Gasteiger partial charge on any atom is 0.0441 e. The highest BCUT2D eigenvalue weighted by atomic mass is 15.1. The summed E-state index contributed by atoms with van der Waals surface area (Å²) in [5, 5.41) is 0. The minimum Gasteiger partial charge on any atom is -0.351 e. The normalized spacial score (nSPS) is 11.8. The summed E-state index contributed by atoms with van der Waals surface area (Å²) in [6, 6.07) is 6.78. The summed E-state index contributed by atoms with van der Waals surface area (Å²) in [5.41, 5.74) is 5.38. The van der Waals surface area contributed by atoms with E-state index >= 15 is 0 Å². The third-order valence-corrected chi connectivity index (χ3v) is 3.87. The summed E-state index contributed by atoms with van der Waals surface area (Å²) in [6.45, 7) is 12.8. The molecule has 0 amide bonds. The van der Waals surface area contributed by atoms with Gasteiger partial charge in [-0.05, 0) is 49.1 Å². The summed E-state index contributed by atoms with van der Waals surface area (Å²) in [5.74, 6) is 0.593. The lowest BCUT2D eigenvalue weighted by Gasteiger charge is -2.19. The van der Waals surface area contributed by atoms with Crippen LogP contribution in [0.4, 0.5) is 5.69 Å². The summed E-state index contributed by atoms with van der Waals surface area (Å²) >= 11 is 0. The van der Waals surface area contributed by atoms with Crippen LogP contribution in [0.15, 0.2) is 36.6 Å². The first-order chi connectivity index (χ1) is 9.49. The first kappa shape index (κ1) is 16.6. The molecule has 0 aliphatic carbocycles. The molecule has 0 N–H and O–H groups in total. The van der Waals surface area contributed by atoms with Gasteiger partial charge in [0.05, 0.1) is 0 Å². The average molecular weight is 271 g/mol. The summed E-state index contributed by atoms with van der Waals surface area (Å²) in [6.07, 6.45) is 7.77. The fourth-order valence-corrected chi connectivity index (χ4v) is 2.11. The molecule has 0 spiro atoms. The Bertz CT molecular complexity index is 469. The maximum absolute atomic E-state index is 3.89. The lowest BCUT2D eigenvalue weighted by molar-refractivity contribution is 0.776. The van der Waals surface area contributed by atoms with Gasteiger partial charge in [0.15, 0.2) is 0 Å². The van der Waals surface area contributed by atoms with E-state index in [1.165, 1.54) is 35.2 Å². The van der Waals surface area contributed by atoms with Crippen LogP contribution in [-0.4, -0.2) is 7.05 Å². The zero-order chi connectivity index (χ0) is 15.1.